The maximum atomic E-state index is 13.1. The molecule has 1 fully saturated rings. The molecule has 0 unspecified atom stereocenters. The Morgan fingerprint density at radius 2 is 2.06 bits per heavy atom. The lowest BCUT2D eigenvalue weighted by atomic mass is 10.1. The minimum atomic E-state index is -4.90. The normalized spacial score (nSPS) is 17.1. The van der Waals surface area contributed by atoms with E-state index in [1.165, 1.54) is 16.6 Å². The van der Waals surface area contributed by atoms with E-state index >= 15 is 0 Å². The molecule has 4 heterocycles. The molecule has 4 aromatic rings. The van der Waals surface area contributed by atoms with Gasteiger partial charge in [0, 0.05) is 24.2 Å². The number of benzene rings is 1. The van der Waals surface area contributed by atoms with Crippen molar-refractivity contribution in [1.82, 2.24) is 34.7 Å². The number of nitrogens with one attached hydrogen (secondary N) is 2. The monoisotopic (exact) mass is 488 g/mol. The summed E-state index contributed by atoms with van der Waals surface area (Å²) >= 11 is 0. The second-order valence-corrected chi connectivity index (χ2v) is 8.59. The molecule has 0 aliphatic carbocycles. The Balaban J connectivity index is 1.68. The van der Waals surface area contributed by atoms with Crippen molar-refractivity contribution < 1.29 is 22.7 Å². The molecule has 1 atom stereocenters. The van der Waals surface area contributed by atoms with Crippen LogP contribution in [0.15, 0.2) is 30.6 Å². The van der Waals surface area contributed by atoms with Gasteiger partial charge in [0.05, 0.1) is 11.8 Å². The molecule has 1 amide bonds. The highest BCUT2D eigenvalue weighted by molar-refractivity contribution is 5.96. The number of aromatic nitrogens is 6. The van der Waals surface area contributed by atoms with Gasteiger partial charge in [-0.05, 0) is 45.2 Å². The molecule has 1 aliphatic heterocycles. The van der Waals surface area contributed by atoms with Gasteiger partial charge in [0.25, 0.3) is 0 Å². The quantitative estimate of drug-likeness (QED) is 0.441. The zero-order valence-electron chi connectivity index (χ0n) is 19.0. The van der Waals surface area contributed by atoms with E-state index in [2.05, 4.69) is 35.5 Å². The number of anilines is 1. The van der Waals surface area contributed by atoms with E-state index in [1.807, 2.05) is 13.8 Å². The van der Waals surface area contributed by atoms with Crippen LogP contribution in [0.2, 0.25) is 0 Å². The van der Waals surface area contributed by atoms with E-state index in [1.54, 1.807) is 23.1 Å². The van der Waals surface area contributed by atoms with E-state index in [0.29, 0.717) is 29.7 Å². The molecular formula is C22H23F3N8O2. The first-order valence-electron chi connectivity index (χ1n) is 11.2. The Bertz CT molecular complexity index is 1390. The van der Waals surface area contributed by atoms with Gasteiger partial charge in [-0.25, -0.2) is 9.97 Å². The third-order valence-corrected chi connectivity index (χ3v) is 5.72. The molecule has 184 valence electrons. The number of para-hydroxylation sites is 1. The van der Waals surface area contributed by atoms with E-state index in [4.69, 9.17) is 0 Å². The summed E-state index contributed by atoms with van der Waals surface area (Å²) in [5.41, 5.74) is 0.855. The molecule has 0 bridgehead atoms. The molecule has 5 rings (SSSR count). The van der Waals surface area contributed by atoms with Gasteiger partial charge in [0.2, 0.25) is 11.9 Å². The lowest BCUT2D eigenvalue weighted by Crippen LogP contribution is -2.38. The highest BCUT2D eigenvalue weighted by Gasteiger charge is 2.33. The summed E-state index contributed by atoms with van der Waals surface area (Å²) in [5.74, 6) is -0.275. The highest BCUT2D eigenvalue weighted by Crippen LogP contribution is 2.33. The number of rotatable bonds is 5. The van der Waals surface area contributed by atoms with Crippen LogP contribution in [0.3, 0.4) is 0 Å². The molecule has 0 radical (unpaired) electrons. The van der Waals surface area contributed by atoms with E-state index in [0.717, 1.165) is 12.8 Å². The SMILES string of the molecule is CC(C)n1cc(-c2nc3c4cccc(OC(F)(F)F)c4nc(N[C@@H]4CCCCNC4=O)n3n2)cn1. The van der Waals surface area contributed by atoms with Crippen LogP contribution in [-0.2, 0) is 4.79 Å². The number of hydrogen-bond donors (Lipinski definition) is 2. The lowest BCUT2D eigenvalue weighted by molar-refractivity contribution is -0.274. The molecule has 1 saturated heterocycles. The van der Waals surface area contributed by atoms with Gasteiger partial charge in [-0.2, -0.15) is 9.61 Å². The Morgan fingerprint density at radius 3 is 2.80 bits per heavy atom. The van der Waals surface area contributed by atoms with Crippen LogP contribution in [0.5, 0.6) is 5.75 Å². The summed E-state index contributed by atoms with van der Waals surface area (Å²) in [6.07, 6.45) is 0.680. The topological polar surface area (TPSA) is 111 Å². The average molecular weight is 488 g/mol. The predicted octanol–water partition coefficient (Wildman–Crippen LogP) is 3.70. The van der Waals surface area contributed by atoms with Gasteiger partial charge >= 0.3 is 6.36 Å². The van der Waals surface area contributed by atoms with Crippen molar-refractivity contribution in [3.05, 3.63) is 30.6 Å². The molecule has 13 heteroatoms. The highest BCUT2D eigenvalue weighted by atomic mass is 19.4. The number of amides is 1. The van der Waals surface area contributed by atoms with Crippen LogP contribution in [0, 0.1) is 0 Å². The van der Waals surface area contributed by atoms with Crippen LogP contribution >= 0.6 is 0 Å². The summed E-state index contributed by atoms with van der Waals surface area (Å²) in [5, 5.41) is 15.1. The van der Waals surface area contributed by atoms with Gasteiger partial charge in [0.1, 0.15) is 11.6 Å². The molecule has 2 N–H and O–H groups in total. The predicted molar refractivity (Wildman–Crippen MR) is 121 cm³/mol. The average Bonchev–Trinajstić information content (AvgIpc) is 3.41. The number of fused-ring (bicyclic) bond motifs is 3. The second kappa shape index (κ2) is 8.71. The zero-order chi connectivity index (χ0) is 24.7. The van der Waals surface area contributed by atoms with E-state index in [-0.39, 0.29) is 29.1 Å². The zero-order valence-corrected chi connectivity index (χ0v) is 19.0. The largest absolute Gasteiger partial charge is 0.573 e. The van der Waals surface area contributed by atoms with E-state index in [9.17, 15) is 18.0 Å². The molecular weight excluding hydrogens is 465 g/mol. The summed E-state index contributed by atoms with van der Waals surface area (Å²) in [4.78, 5) is 21.5. The molecule has 10 nitrogen and oxygen atoms in total. The summed E-state index contributed by atoms with van der Waals surface area (Å²) in [6.45, 7) is 4.52. The number of hydrogen-bond acceptors (Lipinski definition) is 7. The molecule has 1 aliphatic rings. The standard InChI is InChI=1S/C22H23F3N8O2/c1-12(2)32-11-13(10-27-32)18-30-19-14-6-5-8-16(35-22(23,24)25)17(14)29-21(33(19)31-18)28-15-7-3-4-9-26-20(15)34/h5-6,8,10-12,15H,3-4,7,9H2,1-2H3,(H,26,34)(H,28,29)/t15-/m1/s1. The molecule has 35 heavy (non-hydrogen) atoms. The van der Waals surface area contributed by atoms with E-state index < -0.39 is 18.2 Å². The van der Waals surface area contributed by atoms with Gasteiger partial charge in [-0.15, -0.1) is 18.3 Å². The van der Waals surface area contributed by atoms with Crippen molar-refractivity contribution in [3.63, 3.8) is 0 Å². The Kier molecular flexibility index (Phi) is 5.69. The third-order valence-electron chi connectivity index (χ3n) is 5.72. The van der Waals surface area contributed by atoms with Crippen molar-refractivity contribution in [2.24, 2.45) is 0 Å². The fourth-order valence-corrected chi connectivity index (χ4v) is 4.00. The minimum absolute atomic E-state index is 0.0503. The van der Waals surface area contributed by atoms with Crippen molar-refractivity contribution in [2.75, 3.05) is 11.9 Å². The van der Waals surface area contributed by atoms with Gasteiger partial charge < -0.3 is 15.4 Å². The lowest BCUT2D eigenvalue weighted by Gasteiger charge is -2.17. The maximum Gasteiger partial charge on any atom is 0.573 e. The first-order chi connectivity index (χ1) is 16.7. The molecule has 3 aromatic heterocycles. The summed E-state index contributed by atoms with van der Waals surface area (Å²) in [7, 11) is 0. The third kappa shape index (κ3) is 4.57. The Morgan fingerprint density at radius 1 is 1.23 bits per heavy atom. The van der Waals surface area contributed by atoms with Crippen molar-refractivity contribution >= 4 is 28.4 Å². The summed E-state index contributed by atoms with van der Waals surface area (Å²) in [6, 6.07) is 3.71. The van der Waals surface area contributed by atoms with Crippen molar-refractivity contribution in [3.8, 4) is 17.1 Å². The fourth-order valence-electron chi connectivity index (χ4n) is 4.00. The number of alkyl halides is 3. The van der Waals surface area contributed by atoms with Crippen LogP contribution in [0.4, 0.5) is 19.1 Å². The molecule has 0 spiro atoms. The van der Waals surface area contributed by atoms with Gasteiger partial charge in [-0.3, -0.25) is 9.48 Å². The second-order valence-electron chi connectivity index (χ2n) is 8.59. The number of nitrogens with zero attached hydrogens (tertiary/aromatic N) is 6. The number of halogens is 3. The first kappa shape index (κ1) is 22.9. The van der Waals surface area contributed by atoms with Crippen molar-refractivity contribution in [1.29, 1.82) is 0 Å². The smallest absolute Gasteiger partial charge is 0.403 e. The van der Waals surface area contributed by atoms with Crippen LogP contribution in [0.1, 0.15) is 39.2 Å². The fraction of sp³-hybridized carbons (Fsp3) is 0.409. The Labute approximate surface area is 197 Å². The van der Waals surface area contributed by atoms with Crippen molar-refractivity contribution in [2.45, 2.75) is 51.6 Å². The number of carbonyl (C=O) groups excluding carboxylic acids is 1. The van der Waals surface area contributed by atoms with Crippen LogP contribution in [-0.4, -0.2) is 54.2 Å². The Hall–Kier alpha value is -3.90. The number of ether oxygens (including phenoxy) is 1. The maximum absolute atomic E-state index is 13.1. The minimum Gasteiger partial charge on any atom is -0.403 e. The molecule has 0 saturated carbocycles. The first-order valence-corrected chi connectivity index (χ1v) is 11.2. The summed E-state index contributed by atoms with van der Waals surface area (Å²) < 4.78 is 46.6. The van der Waals surface area contributed by atoms with Gasteiger partial charge in [-0.1, -0.05) is 6.07 Å². The van der Waals surface area contributed by atoms with Gasteiger partial charge in [0.15, 0.2) is 17.2 Å². The van der Waals surface area contributed by atoms with Crippen LogP contribution < -0.4 is 15.4 Å². The number of carbonyl (C=O) groups is 1. The van der Waals surface area contributed by atoms with Crippen LogP contribution in [0.25, 0.3) is 27.9 Å². The molecule has 1 aromatic carbocycles.